The second-order valence-corrected chi connectivity index (χ2v) is 4.25. The fourth-order valence-electron chi connectivity index (χ4n) is 1.35. The quantitative estimate of drug-likeness (QED) is 0.664. The molecule has 0 aliphatic rings. The molecular weight excluding hydrogens is 240 g/mol. The average Bonchev–Trinajstić information content (AvgIpc) is 2.77. The summed E-state index contributed by atoms with van der Waals surface area (Å²) in [5.41, 5.74) is 1.73. The van der Waals surface area contributed by atoms with Gasteiger partial charge in [-0.3, -0.25) is 4.79 Å². The van der Waals surface area contributed by atoms with Gasteiger partial charge in [-0.1, -0.05) is 11.8 Å². The first kappa shape index (κ1) is 11.8. The molecule has 5 nitrogen and oxygen atoms in total. The summed E-state index contributed by atoms with van der Waals surface area (Å²) >= 11 is 1.31. The lowest BCUT2D eigenvalue weighted by Crippen LogP contribution is -2.02. The number of H-pyrrole nitrogens is 1. The highest BCUT2D eigenvalue weighted by Crippen LogP contribution is 2.22. The van der Waals surface area contributed by atoms with E-state index in [1.54, 1.807) is 7.11 Å². The van der Waals surface area contributed by atoms with Crippen LogP contribution in [0.1, 0.15) is 0 Å². The monoisotopic (exact) mass is 252 g/mol. The molecule has 2 aromatic rings. The standard InChI is InChI=1S/C11H12N2O3S/c1-15-7-3-4-8-9(5-7)13-11(12-8)17-6-10(14)16-2/h3-5H,6H2,1-2H3,(H,12,13). The van der Waals surface area contributed by atoms with Gasteiger partial charge in [-0.2, -0.15) is 0 Å². The summed E-state index contributed by atoms with van der Waals surface area (Å²) in [6.45, 7) is 0. The van der Waals surface area contributed by atoms with Crippen molar-refractivity contribution in [2.75, 3.05) is 20.0 Å². The van der Waals surface area contributed by atoms with Crippen LogP contribution in [0.25, 0.3) is 11.0 Å². The fourth-order valence-corrected chi connectivity index (χ4v) is 2.06. The van der Waals surface area contributed by atoms with Gasteiger partial charge >= 0.3 is 5.97 Å². The molecule has 0 aliphatic heterocycles. The molecular formula is C11H12N2O3S. The third-order valence-electron chi connectivity index (χ3n) is 2.22. The maximum Gasteiger partial charge on any atom is 0.316 e. The van der Waals surface area contributed by atoms with Crippen molar-refractivity contribution >= 4 is 28.8 Å². The lowest BCUT2D eigenvalue weighted by atomic mass is 10.3. The van der Waals surface area contributed by atoms with Crippen LogP contribution in [-0.2, 0) is 9.53 Å². The highest BCUT2D eigenvalue weighted by atomic mass is 32.2. The molecule has 0 bridgehead atoms. The summed E-state index contributed by atoms with van der Waals surface area (Å²) in [5, 5.41) is 0.693. The first-order chi connectivity index (χ1) is 8.22. The number of benzene rings is 1. The number of esters is 1. The Morgan fingerprint density at radius 3 is 3.00 bits per heavy atom. The first-order valence-electron chi connectivity index (χ1n) is 4.96. The third-order valence-corrected chi connectivity index (χ3v) is 3.07. The number of methoxy groups -OCH3 is 2. The van der Waals surface area contributed by atoms with Crippen molar-refractivity contribution in [3.05, 3.63) is 18.2 Å². The molecule has 1 aromatic heterocycles. The Morgan fingerprint density at radius 2 is 2.29 bits per heavy atom. The van der Waals surface area contributed by atoms with Gasteiger partial charge in [0.25, 0.3) is 0 Å². The van der Waals surface area contributed by atoms with E-state index in [1.165, 1.54) is 18.9 Å². The van der Waals surface area contributed by atoms with Gasteiger partial charge in [0, 0.05) is 6.07 Å². The minimum absolute atomic E-state index is 0.244. The van der Waals surface area contributed by atoms with Crippen LogP contribution < -0.4 is 4.74 Å². The number of aromatic amines is 1. The van der Waals surface area contributed by atoms with Crippen molar-refractivity contribution in [1.29, 1.82) is 0 Å². The van der Waals surface area contributed by atoms with Crippen molar-refractivity contribution in [2.24, 2.45) is 0 Å². The number of thioether (sulfide) groups is 1. The molecule has 0 saturated carbocycles. The molecule has 0 fully saturated rings. The van der Waals surface area contributed by atoms with E-state index in [0.29, 0.717) is 5.16 Å². The summed E-state index contributed by atoms with van der Waals surface area (Å²) in [6.07, 6.45) is 0. The maximum atomic E-state index is 11.0. The summed E-state index contributed by atoms with van der Waals surface area (Å²) in [7, 11) is 2.98. The summed E-state index contributed by atoms with van der Waals surface area (Å²) in [5.74, 6) is 0.742. The lowest BCUT2D eigenvalue weighted by Gasteiger charge is -1.96. The van der Waals surface area contributed by atoms with E-state index < -0.39 is 0 Å². The number of carbonyl (C=O) groups excluding carboxylic acids is 1. The predicted octanol–water partition coefficient (Wildman–Crippen LogP) is 1.84. The van der Waals surface area contributed by atoms with Crippen LogP contribution in [-0.4, -0.2) is 35.9 Å². The van der Waals surface area contributed by atoms with Gasteiger partial charge in [-0.25, -0.2) is 4.98 Å². The van der Waals surface area contributed by atoms with Gasteiger partial charge in [0.05, 0.1) is 31.0 Å². The average molecular weight is 252 g/mol. The van der Waals surface area contributed by atoms with Crippen molar-refractivity contribution in [3.63, 3.8) is 0 Å². The number of carbonyl (C=O) groups is 1. The second kappa shape index (κ2) is 5.09. The number of nitrogens with one attached hydrogen (secondary N) is 1. The van der Waals surface area contributed by atoms with Crippen molar-refractivity contribution in [1.82, 2.24) is 9.97 Å². The van der Waals surface area contributed by atoms with Crippen molar-refractivity contribution < 1.29 is 14.3 Å². The Labute approximate surface area is 103 Å². The van der Waals surface area contributed by atoms with Crippen LogP contribution in [0.15, 0.2) is 23.4 Å². The topological polar surface area (TPSA) is 64.2 Å². The predicted molar refractivity (Wildman–Crippen MR) is 65.4 cm³/mol. The van der Waals surface area contributed by atoms with Gasteiger partial charge in [0.1, 0.15) is 5.75 Å². The molecule has 17 heavy (non-hydrogen) atoms. The Morgan fingerprint density at radius 1 is 1.47 bits per heavy atom. The molecule has 1 aromatic carbocycles. The van der Waals surface area contributed by atoms with Crippen molar-refractivity contribution in [3.8, 4) is 5.75 Å². The Balaban J connectivity index is 2.17. The number of aromatic nitrogens is 2. The van der Waals surface area contributed by atoms with Gasteiger partial charge in [-0.15, -0.1) is 0 Å². The van der Waals surface area contributed by atoms with Crippen LogP contribution in [0.2, 0.25) is 0 Å². The highest BCUT2D eigenvalue weighted by Gasteiger charge is 2.07. The van der Waals surface area contributed by atoms with Crippen LogP contribution in [0, 0.1) is 0 Å². The maximum absolute atomic E-state index is 11.0. The van der Waals surface area contributed by atoms with Gasteiger partial charge < -0.3 is 14.5 Å². The molecule has 0 atom stereocenters. The van der Waals surface area contributed by atoms with Crippen LogP contribution in [0.5, 0.6) is 5.75 Å². The SMILES string of the molecule is COC(=O)CSc1nc2ccc(OC)cc2[nH]1. The van der Waals surface area contributed by atoms with E-state index in [4.69, 9.17) is 4.74 Å². The van der Waals surface area contributed by atoms with E-state index in [0.717, 1.165) is 16.8 Å². The zero-order chi connectivity index (χ0) is 12.3. The minimum atomic E-state index is -0.270. The molecule has 90 valence electrons. The molecule has 0 amide bonds. The zero-order valence-electron chi connectivity index (χ0n) is 9.52. The van der Waals surface area contributed by atoms with Gasteiger partial charge in [0.15, 0.2) is 5.16 Å². The Hall–Kier alpha value is -1.69. The molecule has 0 spiro atoms. The summed E-state index contributed by atoms with van der Waals surface area (Å²) in [4.78, 5) is 18.4. The highest BCUT2D eigenvalue weighted by molar-refractivity contribution is 7.99. The number of hydrogen-bond donors (Lipinski definition) is 1. The molecule has 1 N–H and O–H groups in total. The number of hydrogen-bond acceptors (Lipinski definition) is 5. The zero-order valence-corrected chi connectivity index (χ0v) is 10.3. The normalized spacial score (nSPS) is 10.5. The van der Waals surface area contributed by atoms with E-state index >= 15 is 0 Å². The smallest absolute Gasteiger partial charge is 0.316 e. The number of fused-ring (bicyclic) bond motifs is 1. The summed E-state index contributed by atoms with van der Waals surface area (Å²) in [6, 6.07) is 5.58. The first-order valence-corrected chi connectivity index (χ1v) is 5.95. The molecule has 1 heterocycles. The number of ether oxygens (including phenoxy) is 2. The largest absolute Gasteiger partial charge is 0.497 e. The molecule has 0 radical (unpaired) electrons. The van der Waals surface area contributed by atoms with E-state index in [1.807, 2.05) is 18.2 Å². The van der Waals surface area contributed by atoms with Crippen LogP contribution in [0.3, 0.4) is 0 Å². The van der Waals surface area contributed by atoms with Crippen LogP contribution >= 0.6 is 11.8 Å². The summed E-state index contributed by atoms with van der Waals surface area (Å²) < 4.78 is 9.68. The van der Waals surface area contributed by atoms with Gasteiger partial charge in [-0.05, 0) is 12.1 Å². The minimum Gasteiger partial charge on any atom is -0.497 e. The Kier molecular flexibility index (Phi) is 3.53. The van der Waals surface area contributed by atoms with E-state index in [-0.39, 0.29) is 11.7 Å². The van der Waals surface area contributed by atoms with Crippen LogP contribution in [0.4, 0.5) is 0 Å². The number of rotatable bonds is 4. The lowest BCUT2D eigenvalue weighted by molar-refractivity contribution is -0.137. The molecule has 6 heteroatoms. The molecule has 2 rings (SSSR count). The van der Waals surface area contributed by atoms with Gasteiger partial charge in [0.2, 0.25) is 0 Å². The number of imidazole rings is 1. The molecule has 0 aliphatic carbocycles. The molecule has 0 saturated heterocycles. The van der Waals surface area contributed by atoms with E-state index in [9.17, 15) is 4.79 Å². The number of nitrogens with zero attached hydrogens (tertiary/aromatic N) is 1. The second-order valence-electron chi connectivity index (χ2n) is 3.29. The molecule has 0 unspecified atom stereocenters. The van der Waals surface area contributed by atoms with Crippen molar-refractivity contribution in [2.45, 2.75) is 5.16 Å². The Bertz CT molecular complexity index is 538. The third kappa shape index (κ3) is 2.71. The van der Waals surface area contributed by atoms with E-state index in [2.05, 4.69) is 14.7 Å². The fraction of sp³-hybridized carbons (Fsp3) is 0.273.